The molecule has 0 amide bonds. The van der Waals surface area contributed by atoms with Crippen molar-refractivity contribution in [1.82, 2.24) is 9.44 Å². The van der Waals surface area contributed by atoms with Gasteiger partial charge in [0.2, 0.25) is 10.4 Å². The second kappa shape index (κ2) is 17.9. The topological polar surface area (TPSA) is 391 Å². The number of aliphatic hydroxyl groups is 4. The van der Waals surface area contributed by atoms with E-state index in [9.17, 15) is 69.2 Å². The van der Waals surface area contributed by atoms with Crippen LogP contribution in [0.2, 0.25) is 0 Å². The third-order valence-electron chi connectivity index (χ3n) is 6.80. The molecule has 0 unspecified atom stereocenters. The van der Waals surface area contributed by atoms with Crippen molar-refractivity contribution in [3.8, 4) is 0 Å². The Morgan fingerprint density at radius 1 is 0.917 bits per heavy atom. The van der Waals surface area contributed by atoms with Gasteiger partial charge in [-0.25, -0.2) is 34.7 Å². The van der Waals surface area contributed by atoms with Gasteiger partial charge in [-0.1, -0.05) is 0 Å². The Kier molecular flexibility index (Phi) is 16.3. The van der Waals surface area contributed by atoms with Crippen molar-refractivity contribution in [2.45, 2.75) is 79.8 Å². The molecule has 0 aliphatic carbocycles. The van der Waals surface area contributed by atoms with Crippen molar-refractivity contribution in [2.75, 3.05) is 33.5 Å². The van der Waals surface area contributed by atoms with Crippen LogP contribution >= 0.6 is 0 Å². The van der Waals surface area contributed by atoms with Gasteiger partial charge in [-0.3, -0.25) is 4.18 Å². The third kappa shape index (κ3) is 12.1. The minimum atomic E-state index is -5.45. The maximum atomic E-state index is 12.1. The van der Waals surface area contributed by atoms with Crippen molar-refractivity contribution in [2.24, 2.45) is 0 Å². The number of ether oxygens (including phenoxy) is 7. The molecule has 48 heavy (non-hydrogen) atoms. The smallest absolute Gasteiger partial charge is 0.735 e. The van der Waals surface area contributed by atoms with Crippen LogP contribution in [0.5, 0.6) is 0 Å². The first-order chi connectivity index (χ1) is 21.7. The number of carboxylic acid groups (broad SMARTS) is 1. The molecule has 2 bridgehead atoms. The summed E-state index contributed by atoms with van der Waals surface area (Å²) in [6.07, 6.45) is -20.9. The molecule has 13 atom stereocenters. The van der Waals surface area contributed by atoms with Crippen molar-refractivity contribution in [3.63, 3.8) is 0 Å². The predicted molar refractivity (Wildman–Crippen MR) is 133 cm³/mol. The Balaban J connectivity index is 0.00000800. The molecule has 0 aromatic heterocycles. The van der Waals surface area contributed by atoms with E-state index in [4.69, 9.17) is 33.2 Å². The molecule has 0 aromatic carbocycles. The minimum absolute atomic E-state index is 0. The third-order valence-corrected chi connectivity index (χ3v) is 8.34. The number of hydrogen-bond donors (Lipinski definition) is 6. The van der Waals surface area contributed by atoms with E-state index >= 15 is 0 Å². The summed E-state index contributed by atoms with van der Waals surface area (Å²) in [7, 11) is -15.1. The van der Waals surface area contributed by atoms with Gasteiger partial charge in [-0.05, 0) is 0 Å². The summed E-state index contributed by atoms with van der Waals surface area (Å²) < 4.78 is 145. The van der Waals surface area contributed by atoms with Crippen LogP contribution < -0.4 is 44.1 Å². The molecular formula is C19H30N2NaO23S3-3. The van der Waals surface area contributed by atoms with Crippen LogP contribution in [0.4, 0.5) is 0 Å². The SMILES string of the molecule is CO[C@H]1[C@H](O)[C@@H](NS(=O)(=O)[O-])[C@@H](O[C@@H](CO)[C@H](O[C@H](CO)O[C@H]2[C@H](O)[C@@H](NS(=O)(=O)[O-])[C@@H]3OC[C@H]2O3)C(=O)[O-])O[C@@H]1COS(=O)(=O)[O-].[Na+]. The summed E-state index contributed by atoms with van der Waals surface area (Å²) in [6.45, 7) is -4.08. The number of carboxylic acids is 1. The molecule has 3 aliphatic heterocycles. The molecular weight excluding hydrogens is 743 g/mol. The number of nitrogens with one attached hydrogen (secondary N) is 2. The van der Waals surface area contributed by atoms with Crippen LogP contribution in [-0.4, -0.2) is 179 Å². The van der Waals surface area contributed by atoms with Crippen molar-refractivity contribution in [1.29, 1.82) is 0 Å². The molecule has 3 fully saturated rings. The van der Waals surface area contributed by atoms with Gasteiger partial charge in [0.25, 0.3) is 0 Å². The summed E-state index contributed by atoms with van der Waals surface area (Å²) >= 11 is 0. The number of carbonyl (C=O) groups excluding carboxylic acids is 1. The van der Waals surface area contributed by atoms with Crippen molar-refractivity contribution >= 4 is 37.0 Å². The maximum absolute atomic E-state index is 12.1. The summed E-state index contributed by atoms with van der Waals surface area (Å²) in [5.74, 6) is -2.20. The Morgan fingerprint density at radius 3 is 2.00 bits per heavy atom. The zero-order valence-electron chi connectivity index (χ0n) is 24.6. The second-order valence-corrected chi connectivity index (χ2v) is 13.3. The molecule has 25 nitrogen and oxygen atoms in total. The van der Waals surface area contributed by atoms with E-state index in [1.807, 2.05) is 0 Å². The fourth-order valence-corrected chi connectivity index (χ4v) is 6.35. The Labute approximate surface area is 294 Å². The molecule has 6 N–H and O–H groups in total. The molecule has 0 aromatic rings. The van der Waals surface area contributed by atoms with E-state index in [1.54, 1.807) is 4.72 Å². The zero-order valence-corrected chi connectivity index (χ0v) is 29.1. The number of carbonyl (C=O) groups is 1. The standard InChI is InChI=1S/C19H34N2O23S3.Na/c1-37-14-8(5-39-47(34,35)36)42-19(11(12(14)24)21-46(31,32)33)40-6(2-22)16(17(26)27)44-9(3-23)43-15-7-4-38-18(41-7)10(13(15)25)20-45(28,29)30;/h6-16,18-25H,2-5H2,1H3,(H,26,27)(H,28,29,30)(H,31,32,33)(H,34,35,36);/q;+1/p-4/t6-,7+,8+,9+,10+,11+,12+,13+,14+,15+,16-,18+,19-;/m0./s1. The summed E-state index contributed by atoms with van der Waals surface area (Å²) in [4.78, 5) is 12.1. The fourth-order valence-electron chi connectivity index (χ4n) is 4.88. The van der Waals surface area contributed by atoms with Gasteiger partial charge in [-0.2, -0.15) is 0 Å². The fraction of sp³-hybridized carbons (Fsp3) is 0.947. The van der Waals surface area contributed by atoms with E-state index in [-0.39, 0.29) is 36.2 Å². The molecule has 276 valence electrons. The molecule has 0 saturated carbocycles. The Hall–Kier alpha value is -0.360. The summed E-state index contributed by atoms with van der Waals surface area (Å²) in [5.41, 5.74) is 0. The van der Waals surface area contributed by atoms with Gasteiger partial charge in [-0.15, -0.1) is 0 Å². The minimum Gasteiger partial charge on any atom is -0.735 e. The van der Waals surface area contributed by atoms with Crippen LogP contribution in [0.15, 0.2) is 0 Å². The number of aliphatic carboxylic acids is 1. The number of hydrogen-bond acceptors (Lipinski definition) is 23. The van der Waals surface area contributed by atoms with Gasteiger partial charge >= 0.3 is 29.6 Å². The largest absolute Gasteiger partial charge is 1.00 e. The van der Waals surface area contributed by atoms with E-state index in [2.05, 4.69) is 4.18 Å². The van der Waals surface area contributed by atoms with Gasteiger partial charge in [0.05, 0.1) is 32.4 Å². The molecule has 0 radical (unpaired) electrons. The van der Waals surface area contributed by atoms with Gasteiger partial charge in [0, 0.05) is 7.11 Å². The van der Waals surface area contributed by atoms with Crippen molar-refractivity contribution in [3.05, 3.63) is 0 Å². The number of fused-ring (bicyclic) bond motifs is 2. The number of methoxy groups -OCH3 is 1. The van der Waals surface area contributed by atoms with Crippen LogP contribution in [-0.2, 0) is 73.1 Å². The average molecular weight is 774 g/mol. The van der Waals surface area contributed by atoms with Gasteiger partial charge < -0.3 is 77.1 Å². The number of aliphatic hydroxyl groups excluding tert-OH is 4. The zero-order chi connectivity index (χ0) is 35.5. The first-order valence-corrected chi connectivity index (χ1v) is 17.1. The van der Waals surface area contributed by atoms with Crippen molar-refractivity contribution < 1.29 is 136 Å². The molecule has 3 rings (SSSR count). The van der Waals surface area contributed by atoms with Gasteiger partial charge in [0.1, 0.15) is 60.9 Å². The number of rotatable bonds is 18. The quantitative estimate of drug-likeness (QED) is 0.0326. The normalized spacial score (nSPS) is 34.6. The Morgan fingerprint density at radius 2 is 1.50 bits per heavy atom. The average Bonchev–Trinajstić information content (AvgIpc) is 3.39. The molecule has 0 spiro atoms. The first-order valence-electron chi connectivity index (χ1n) is 12.9. The first kappa shape index (κ1) is 43.8. The summed E-state index contributed by atoms with van der Waals surface area (Å²) in [5, 5.41) is 53.2. The van der Waals surface area contributed by atoms with Gasteiger partial charge in [0.15, 0.2) is 39.5 Å². The van der Waals surface area contributed by atoms with E-state index in [0.29, 0.717) is 0 Å². The van der Waals surface area contributed by atoms with Crippen LogP contribution in [0.25, 0.3) is 0 Å². The Bertz CT molecular complexity index is 1390. The monoisotopic (exact) mass is 773 g/mol. The molecule has 3 saturated heterocycles. The summed E-state index contributed by atoms with van der Waals surface area (Å²) in [6, 6.07) is -3.89. The van der Waals surface area contributed by atoms with Crippen LogP contribution in [0.1, 0.15) is 0 Å². The molecule has 29 heteroatoms. The van der Waals surface area contributed by atoms with E-state index in [1.165, 1.54) is 4.72 Å². The van der Waals surface area contributed by atoms with Crippen LogP contribution in [0, 0.1) is 0 Å². The molecule has 3 aliphatic rings. The second-order valence-electron chi connectivity index (χ2n) is 9.93. The van der Waals surface area contributed by atoms with E-state index in [0.717, 1.165) is 7.11 Å². The van der Waals surface area contributed by atoms with Crippen LogP contribution in [0.3, 0.4) is 0 Å². The predicted octanol–water partition coefficient (Wildman–Crippen LogP) is -12.3. The van der Waals surface area contributed by atoms with E-state index < -0.39 is 137 Å². The maximum Gasteiger partial charge on any atom is 1.00 e. The molecule has 3 heterocycles.